The molecule has 6 nitrogen and oxygen atoms in total. The zero-order valence-electron chi connectivity index (χ0n) is 18.6. The number of nitrogens with zero attached hydrogens (tertiary/aromatic N) is 2. The fraction of sp³-hybridized carbons (Fsp3) is 0.435. The second-order valence-electron chi connectivity index (χ2n) is 7.15. The summed E-state index contributed by atoms with van der Waals surface area (Å²) in [6.07, 6.45) is 0. The first-order chi connectivity index (χ1) is 14.0. The maximum absolute atomic E-state index is 5.74. The maximum atomic E-state index is 5.74. The van der Waals surface area contributed by atoms with Gasteiger partial charge in [-0.1, -0.05) is 24.3 Å². The molecule has 0 aliphatic carbocycles. The Morgan fingerprint density at radius 1 is 1.00 bits per heavy atom. The zero-order valence-corrected chi connectivity index (χ0v) is 21.0. The molecule has 0 heterocycles. The summed E-state index contributed by atoms with van der Waals surface area (Å²) >= 11 is 0. The second-order valence-corrected chi connectivity index (χ2v) is 7.15. The van der Waals surface area contributed by atoms with Crippen molar-refractivity contribution in [3.63, 3.8) is 0 Å². The van der Waals surface area contributed by atoms with E-state index in [2.05, 4.69) is 65.7 Å². The highest BCUT2D eigenvalue weighted by atomic mass is 127. The monoisotopic (exact) mass is 526 g/mol. The van der Waals surface area contributed by atoms with Gasteiger partial charge in [0, 0.05) is 26.2 Å². The van der Waals surface area contributed by atoms with Crippen molar-refractivity contribution in [2.75, 3.05) is 34.4 Å². The minimum atomic E-state index is 0. The normalized spacial score (nSPS) is 11.2. The highest BCUT2D eigenvalue weighted by Gasteiger charge is 2.08. The Hall–Kier alpha value is -2.00. The SMILES string of the molecule is CN=C(NCCOc1ccc(OC)cc1)NCc1ccccc1CN(C)C(C)C.I. The third kappa shape index (κ3) is 8.79. The molecule has 30 heavy (non-hydrogen) atoms. The number of ether oxygens (including phenoxy) is 2. The number of nitrogens with one attached hydrogen (secondary N) is 2. The molecular weight excluding hydrogens is 491 g/mol. The van der Waals surface area contributed by atoms with Crippen LogP contribution in [0.2, 0.25) is 0 Å². The van der Waals surface area contributed by atoms with E-state index < -0.39 is 0 Å². The van der Waals surface area contributed by atoms with Crippen molar-refractivity contribution in [3.05, 3.63) is 59.7 Å². The van der Waals surface area contributed by atoms with Crippen LogP contribution in [0.1, 0.15) is 25.0 Å². The molecule has 0 amide bonds. The Morgan fingerprint density at radius 2 is 1.63 bits per heavy atom. The quantitative estimate of drug-likeness (QED) is 0.213. The lowest BCUT2D eigenvalue weighted by Crippen LogP contribution is -2.39. The van der Waals surface area contributed by atoms with E-state index in [0.29, 0.717) is 19.2 Å². The van der Waals surface area contributed by atoms with Gasteiger partial charge in [-0.15, -0.1) is 24.0 Å². The highest BCUT2D eigenvalue weighted by molar-refractivity contribution is 14.0. The molecule has 2 N–H and O–H groups in total. The minimum Gasteiger partial charge on any atom is -0.497 e. The molecule has 0 spiro atoms. The smallest absolute Gasteiger partial charge is 0.191 e. The molecule has 0 atom stereocenters. The van der Waals surface area contributed by atoms with Gasteiger partial charge in [0.15, 0.2) is 5.96 Å². The fourth-order valence-electron chi connectivity index (χ4n) is 2.75. The van der Waals surface area contributed by atoms with Gasteiger partial charge in [-0.3, -0.25) is 9.89 Å². The summed E-state index contributed by atoms with van der Waals surface area (Å²) < 4.78 is 10.9. The second kappa shape index (κ2) is 14.1. The number of halogens is 1. The topological polar surface area (TPSA) is 58.1 Å². The van der Waals surface area contributed by atoms with Gasteiger partial charge in [-0.25, -0.2) is 0 Å². The zero-order chi connectivity index (χ0) is 21.1. The number of benzene rings is 2. The molecule has 0 bridgehead atoms. The minimum absolute atomic E-state index is 0. The van der Waals surface area contributed by atoms with Crippen molar-refractivity contribution < 1.29 is 9.47 Å². The molecule has 0 aliphatic rings. The molecule has 2 aromatic carbocycles. The summed E-state index contributed by atoms with van der Waals surface area (Å²) in [5.41, 5.74) is 2.60. The molecule has 0 fully saturated rings. The molecule has 0 saturated heterocycles. The van der Waals surface area contributed by atoms with E-state index in [1.165, 1.54) is 11.1 Å². The average Bonchev–Trinajstić information content (AvgIpc) is 2.74. The molecule has 2 aromatic rings. The molecule has 0 aliphatic heterocycles. The Balaban J connectivity index is 0.00000450. The molecule has 0 unspecified atom stereocenters. The Bertz CT molecular complexity index is 766. The van der Waals surface area contributed by atoms with E-state index in [0.717, 1.165) is 30.5 Å². The summed E-state index contributed by atoms with van der Waals surface area (Å²) in [6.45, 7) is 7.27. The summed E-state index contributed by atoms with van der Waals surface area (Å²) in [7, 11) is 5.58. The predicted octanol–water partition coefficient (Wildman–Crippen LogP) is 3.90. The van der Waals surface area contributed by atoms with Crippen LogP contribution in [0, 0.1) is 0 Å². The Kier molecular flexibility index (Phi) is 12.2. The van der Waals surface area contributed by atoms with Crippen molar-refractivity contribution in [1.29, 1.82) is 0 Å². The summed E-state index contributed by atoms with van der Waals surface area (Å²) in [5, 5.41) is 6.68. The molecule has 0 radical (unpaired) electrons. The van der Waals surface area contributed by atoms with E-state index in [1.807, 2.05) is 24.3 Å². The first kappa shape index (κ1) is 26.0. The van der Waals surface area contributed by atoms with E-state index in [4.69, 9.17) is 9.47 Å². The third-order valence-electron chi connectivity index (χ3n) is 4.81. The lowest BCUT2D eigenvalue weighted by molar-refractivity contribution is 0.265. The van der Waals surface area contributed by atoms with Crippen LogP contribution in [0.25, 0.3) is 0 Å². The number of aliphatic imine (C=N–C) groups is 1. The van der Waals surface area contributed by atoms with Crippen LogP contribution in [0.4, 0.5) is 0 Å². The maximum Gasteiger partial charge on any atom is 0.191 e. The van der Waals surface area contributed by atoms with Crippen LogP contribution in [-0.2, 0) is 13.1 Å². The summed E-state index contributed by atoms with van der Waals surface area (Å²) in [5.74, 6) is 2.40. The van der Waals surface area contributed by atoms with E-state index >= 15 is 0 Å². The number of rotatable bonds is 10. The van der Waals surface area contributed by atoms with Gasteiger partial charge in [0.05, 0.1) is 13.7 Å². The average molecular weight is 526 g/mol. The van der Waals surface area contributed by atoms with Crippen molar-refractivity contribution in [1.82, 2.24) is 15.5 Å². The number of guanidine groups is 1. The largest absolute Gasteiger partial charge is 0.497 e. The molecule has 2 rings (SSSR count). The van der Waals surface area contributed by atoms with Gasteiger partial charge < -0.3 is 20.1 Å². The molecular formula is C23H35IN4O2. The summed E-state index contributed by atoms with van der Waals surface area (Å²) in [4.78, 5) is 6.64. The van der Waals surface area contributed by atoms with Crippen molar-refractivity contribution in [3.8, 4) is 11.5 Å². The number of hydrogen-bond donors (Lipinski definition) is 2. The third-order valence-corrected chi connectivity index (χ3v) is 4.81. The first-order valence-corrected chi connectivity index (χ1v) is 10.0. The van der Waals surface area contributed by atoms with Crippen LogP contribution in [0.15, 0.2) is 53.5 Å². The molecule has 7 heteroatoms. The Morgan fingerprint density at radius 3 is 2.23 bits per heavy atom. The number of methoxy groups -OCH3 is 1. The van der Waals surface area contributed by atoms with Crippen LogP contribution >= 0.6 is 24.0 Å². The van der Waals surface area contributed by atoms with E-state index in [-0.39, 0.29) is 24.0 Å². The number of hydrogen-bond acceptors (Lipinski definition) is 4. The van der Waals surface area contributed by atoms with E-state index in [9.17, 15) is 0 Å². The Labute approximate surface area is 198 Å². The van der Waals surface area contributed by atoms with Gasteiger partial charge in [-0.2, -0.15) is 0 Å². The standard InChI is InChI=1S/C23H34N4O2.HI/c1-18(2)27(4)17-20-9-7-6-8-19(20)16-26-23(24-3)25-14-15-29-22-12-10-21(28-5)11-13-22;/h6-13,18H,14-17H2,1-5H3,(H2,24,25,26);1H. The van der Waals surface area contributed by atoms with Gasteiger partial charge in [-0.05, 0) is 56.3 Å². The van der Waals surface area contributed by atoms with Gasteiger partial charge in [0.25, 0.3) is 0 Å². The van der Waals surface area contributed by atoms with Gasteiger partial charge in [0.1, 0.15) is 18.1 Å². The van der Waals surface area contributed by atoms with Crippen molar-refractivity contribution in [2.45, 2.75) is 33.0 Å². The lowest BCUT2D eigenvalue weighted by atomic mass is 10.1. The van der Waals surface area contributed by atoms with Crippen molar-refractivity contribution >= 4 is 29.9 Å². The first-order valence-electron chi connectivity index (χ1n) is 10.0. The van der Waals surface area contributed by atoms with Crippen LogP contribution in [0.3, 0.4) is 0 Å². The van der Waals surface area contributed by atoms with Crippen LogP contribution in [-0.4, -0.2) is 51.3 Å². The fourth-order valence-corrected chi connectivity index (χ4v) is 2.75. The van der Waals surface area contributed by atoms with Gasteiger partial charge in [0.2, 0.25) is 0 Å². The highest BCUT2D eigenvalue weighted by Crippen LogP contribution is 2.16. The molecule has 0 aromatic heterocycles. The van der Waals surface area contributed by atoms with Gasteiger partial charge >= 0.3 is 0 Å². The van der Waals surface area contributed by atoms with Crippen LogP contribution < -0.4 is 20.1 Å². The van der Waals surface area contributed by atoms with Crippen molar-refractivity contribution in [2.24, 2.45) is 4.99 Å². The predicted molar refractivity (Wildman–Crippen MR) is 135 cm³/mol. The van der Waals surface area contributed by atoms with E-state index in [1.54, 1.807) is 14.2 Å². The summed E-state index contributed by atoms with van der Waals surface area (Å²) in [6, 6.07) is 16.6. The lowest BCUT2D eigenvalue weighted by Gasteiger charge is -2.23. The molecule has 166 valence electrons. The molecule has 0 saturated carbocycles. The van der Waals surface area contributed by atoms with Crippen LogP contribution in [0.5, 0.6) is 11.5 Å².